The summed E-state index contributed by atoms with van der Waals surface area (Å²) in [6.07, 6.45) is 0. The molecule has 0 unspecified atom stereocenters. The first kappa shape index (κ1) is 14.5. The van der Waals surface area contributed by atoms with E-state index >= 15 is 0 Å². The molecule has 0 aromatic heterocycles. The lowest BCUT2D eigenvalue weighted by Gasteiger charge is -2.18. The highest BCUT2D eigenvalue weighted by Gasteiger charge is 2.13. The number of ether oxygens (including phenoxy) is 2. The van der Waals surface area contributed by atoms with E-state index in [-0.39, 0.29) is 12.8 Å². The van der Waals surface area contributed by atoms with E-state index in [4.69, 9.17) is 9.47 Å². The number of anilines is 1. The molecule has 0 atom stereocenters. The van der Waals surface area contributed by atoms with Crippen molar-refractivity contribution < 1.29 is 14.3 Å². The van der Waals surface area contributed by atoms with E-state index in [9.17, 15) is 4.79 Å². The Morgan fingerprint density at radius 1 is 1.25 bits per heavy atom. The second-order valence-corrected chi connectivity index (χ2v) is 4.48. The average molecular weight is 279 g/mol. The van der Waals surface area contributed by atoms with Crippen LogP contribution in [0.3, 0.4) is 0 Å². The highest BCUT2D eigenvalue weighted by atomic mass is 16.7. The number of amides is 2. The number of fused-ring (bicyclic) bond motifs is 1. The molecular weight excluding hydrogens is 258 g/mol. The number of nitrogens with one attached hydrogen (secondary N) is 2. The fourth-order valence-electron chi connectivity index (χ4n) is 2.02. The zero-order valence-electron chi connectivity index (χ0n) is 11.9. The van der Waals surface area contributed by atoms with Gasteiger partial charge in [-0.3, -0.25) is 0 Å². The lowest BCUT2D eigenvalue weighted by atomic mass is 10.3. The van der Waals surface area contributed by atoms with Crippen LogP contribution < -0.4 is 20.1 Å². The molecule has 0 bridgehead atoms. The summed E-state index contributed by atoms with van der Waals surface area (Å²) >= 11 is 0. The van der Waals surface area contributed by atoms with Crippen LogP contribution in [-0.2, 0) is 0 Å². The number of hydrogen-bond donors (Lipinski definition) is 2. The van der Waals surface area contributed by atoms with Crippen molar-refractivity contribution in [3.63, 3.8) is 0 Å². The molecule has 0 fully saturated rings. The number of benzene rings is 1. The Morgan fingerprint density at radius 3 is 2.75 bits per heavy atom. The molecule has 6 heteroatoms. The number of likely N-dealkylation sites (N-methyl/N-ethyl adjacent to an activating group) is 1. The van der Waals surface area contributed by atoms with Crippen molar-refractivity contribution in [1.29, 1.82) is 0 Å². The molecule has 1 aliphatic heterocycles. The standard InChI is InChI=1S/C14H21N3O3/c1-3-17(4-2)8-7-15-14(18)16-11-5-6-12-13(9-11)20-10-19-12/h5-6,9H,3-4,7-8,10H2,1-2H3,(H2,15,16,18). The molecule has 1 aliphatic rings. The Labute approximate surface area is 119 Å². The molecule has 6 nitrogen and oxygen atoms in total. The summed E-state index contributed by atoms with van der Waals surface area (Å²) in [5.74, 6) is 1.36. The van der Waals surface area contributed by atoms with Crippen LogP contribution in [0.2, 0.25) is 0 Å². The van der Waals surface area contributed by atoms with Crippen molar-refractivity contribution in [2.24, 2.45) is 0 Å². The molecule has 0 spiro atoms. The van der Waals surface area contributed by atoms with Crippen molar-refractivity contribution in [1.82, 2.24) is 10.2 Å². The Kier molecular flexibility index (Phi) is 5.06. The van der Waals surface area contributed by atoms with Crippen LogP contribution in [0, 0.1) is 0 Å². The second kappa shape index (κ2) is 7.00. The van der Waals surface area contributed by atoms with Crippen LogP contribution in [0.15, 0.2) is 18.2 Å². The van der Waals surface area contributed by atoms with Crippen molar-refractivity contribution in [3.8, 4) is 11.5 Å². The topological polar surface area (TPSA) is 62.8 Å². The molecule has 0 saturated carbocycles. The molecule has 2 amide bonds. The maximum absolute atomic E-state index is 11.8. The van der Waals surface area contributed by atoms with Gasteiger partial charge in [0.15, 0.2) is 11.5 Å². The molecule has 1 heterocycles. The smallest absolute Gasteiger partial charge is 0.319 e. The van der Waals surface area contributed by atoms with E-state index in [1.165, 1.54) is 0 Å². The number of carbonyl (C=O) groups is 1. The summed E-state index contributed by atoms with van der Waals surface area (Å²) in [5, 5.41) is 5.61. The zero-order chi connectivity index (χ0) is 14.4. The maximum Gasteiger partial charge on any atom is 0.319 e. The van der Waals surface area contributed by atoms with Gasteiger partial charge >= 0.3 is 6.03 Å². The van der Waals surface area contributed by atoms with Crippen LogP contribution in [0.1, 0.15) is 13.8 Å². The largest absolute Gasteiger partial charge is 0.454 e. The van der Waals surface area contributed by atoms with Gasteiger partial charge in [-0.15, -0.1) is 0 Å². The summed E-state index contributed by atoms with van der Waals surface area (Å²) < 4.78 is 10.5. The Balaban J connectivity index is 1.77. The number of hydrogen-bond acceptors (Lipinski definition) is 4. The number of rotatable bonds is 6. The molecule has 2 rings (SSSR count). The minimum atomic E-state index is -0.212. The summed E-state index contributed by atoms with van der Waals surface area (Å²) in [6.45, 7) is 7.89. The predicted octanol–water partition coefficient (Wildman–Crippen LogP) is 1.88. The highest BCUT2D eigenvalue weighted by Crippen LogP contribution is 2.34. The number of carbonyl (C=O) groups excluding carboxylic acids is 1. The third-order valence-electron chi connectivity index (χ3n) is 3.24. The maximum atomic E-state index is 11.8. The fraction of sp³-hybridized carbons (Fsp3) is 0.500. The molecule has 110 valence electrons. The van der Waals surface area contributed by atoms with E-state index < -0.39 is 0 Å². The molecular formula is C14H21N3O3. The monoisotopic (exact) mass is 279 g/mol. The van der Waals surface area contributed by atoms with Crippen LogP contribution in [0.4, 0.5) is 10.5 Å². The van der Waals surface area contributed by atoms with Gasteiger partial charge in [0.05, 0.1) is 0 Å². The summed E-state index contributed by atoms with van der Waals surface area (Å²) in [7, 11) is 0. The van der Waals surface area contributed by atoms with Gasteiger partial charge in [-0.05, 0) is 25.2 Å². The van der Waals surface area contributed by atoms with Gasteiger partial charge in [0.2, 0.25) is 6.79 Å². The SMILES string of the molecule is CCN(CC)CCNC(=O)Nc1ccc2c(c1)OCO2. The summed E-state index contributed by atoms with van der Waals surface area (Å²) in [4.78, 5) is 14.0. The quantitative estimate of drug-likeness (QED) is 0.834. The van der Waals surface area contributed by atoms with Crippen molar-refractivity contribution >= 4 is 11.7 Å². The van der Waals surface area contributed by atoms with E-state index in [1.807, 2.05) is 0 Å². The molecule has 0 saturated heterocycles. The van der Waals surface area contributed by atoms with E-state index in [0.29, 0.717) is 23.7 Å². The summed E-state index contributed by atoms with van der Waals surface area (Å²) in [6, 6.07) is 5.12. The zero-order valence-corrected chi connectivity index (χ0v) is 11.9. The molecule has 2 N–H and O–H groups in total. The molecule has 1 aromatic carbocycles. The van der Waals surface area contributed by atoms with Crippen LogP contribution >= 0.6 is 0 Å². The first-order valence-electron chi connectivity index (χ1n) is 6.89. The van der Waals surface area contributed by atoms with Crippen molar-refractivity contribution in [2.75, 3.05) is 38.3 Å². The normalized spacial score (nSPS) is 12.6. The van der Waals surface area contributed by atoms with Gasteiger partial charge in [-0.2, -0.15) is 0 Å². The van der Waals surface area contributed by atoms with E-state index in [0.717, 1.165) is 19.6 Å². The first-order chi connectivity index (χ1) is 9.72. The minimum Gasteiger partial charge on any atom is -0.454 e. The molecule has 0 radical (unpaired) electrons. The molecule has 20 heavy (non-hydrogen) atoms. The van der Waals surface area contributed by atoms with Gasteiger partial charge in [-0.25, -0.2) is 4.79 Å². The van der Waals surface area contributed by atoms with Gasteiger partial charge in [-0.1, -0.05) is 13.8 Å². The van der Waals surface area contributed by atoms with Crippen LogP contribution in [-0.4, -0.2) is 43.9 Å². The first-order valence-corrected chi connectivity index (χ1v) is 6.89. The van der Waals surface area contributed by atoms with Crippen LogP contribution in [0.25, 0.3) is 0 Å². The number of nitrogens with zero attached hydrogens (tertiary/aromatic N) is 1. The lowest BCUT2D eigenvalue weighted by Crippen LogP contribution is -2.36. The average Bonchev–Trinajstić information content (AvgIpc) is 2.91. The predicted molar refractivity (Wildman–Crippen MR) is 77.4 cm³/mol. The molecule has 1 aromatic rings. The van der Waals surface area contributed by atoms with Gasteiger partial charge in [0.25, 0.3) is 0 Å². The second-order valence-electron chi connectivity index (χ2n) is 4.48. The summed E-state index contributed by atoms with van der Waals surface area (Å²) in [5.41, 5.74) is 0.689. The van der Waals surface area contributed by atoms with E-state index in [2.05, 4.69) is 29.4 Å². The molecule has 0 aliphatic carbocycles. The number of urea groups is 1. The highest BCUT2D eigenvalue weighted by molar-refractivity contribution is 5.89. The van der Waals surface area contributed by atoms with Crippen LogP contribution in [0.5, 0.6) is 11.5 Å². The third-order valence-corrected chi connectivity index (χ3v) is 3.24. The Bertz CT molecular complexity index is 461. The minimum absolute atomic E-state index is 0.212. The van der Waals surface area contributed by atoms with Crippen molar-refractivity contribution in [3.05, 3.63) is 18.2 Å². The van der Waals surface area contributed by atoms with Gasteiger partial charge in [0, 0.05) is 24.8 Å². The van der Waals surface area contributed by atoms with Crippen molar-refractivity contribution in [2.45, 2.75) is 13.8 Å². The van der Waals surface area contributed by atoms with E-state index in [1.54, 1.807) is 18.2 Å². The van der Waals surface area contributed by atoms with Gasteiger partial charge < -0.3 is 25.0 Å². The fourth-order valence-corrected chi connectivity index (χ4v) is 2.02. The lowest BCUT2D eigenvalue weighted by molar-refractivity contribution is 0.174. The Morgan fingerprint density at radius 2 is 2.00 bits per heavy atom. The Hall–Kier alpha value is -1.95. The third kappa shape index (κ3) is 3.77. The van der Waals surface area contributed by atoms with Gasteiger partial charge in [0.1, 0.15) is 0 Å².